The topological polar surface area (TPSA) is 63.0 Å². The van der Waals surface area contributed by atoms with E-state index < -0.39 is 5.92 Å². The van der Waals surface area contributed by atoms with Gasteiger partial charge in [0.1, 0.15) is 11.7 Å². The lowest BCUT2D eigenvalue weighted by molar-refractivity contribution is 0.0981. The highest BCUT2D eigenvalue weighted by Crippen LogP contribution is 2.33. The molecule has 0 aliphatic carbocycles. The van der Waals surface area contributed by atoms with Crippen LogP contribution in [-0.2, 0) is 0 Å². The highest BCUT2D eigenvalue weighted by Gasteiger charge is 2.28. The van der Waals surface area contributed by atoms with E-state index >= 15 is 0 Å². The number of methoxy groups -OCH3 is 1. The van der Waals surface area contributed by atoms with Crippen LogP contribution in [0, 0.1) is 25.2 Å². The minimum Gasteiger partial charge on any atom is -0.496 e. The lowest BCUT2D eigenvalue weighted by Gasteiger charge is -2.12. The number of Topliss-reactive ketones (excluding diaryl/α,β-unsaturated/α-hetero) is 1. The van der Waals surface area contributed by atoms with E-state index in [2.05, 4.69) is 4.98 Å². The van der Waals surface area contributed by atoms with Crippen LogP contribution in [0.25, 0.3) is 0 Å². The summed E-state index contributed by atoms with van der Waals surface area (Å²) in [6, 6.07) is 6.95. The number of ketones is 1. The summed E-state index contributed by atoms with van der Waals surface area (Å²) in [4.78, 5) is 17.4. The Kier molecular flexibility index (Phi) is 4.61. The smallest absolute Gasteiger partial charge is 0.196 e. The van der Waals surface area contributed by atoms with Gasteiger partial charge in [0.2, 0.25) is 0 Å². The van der Waals surface area contributed by atoms with Gasteiger partial charge in [-0.25, -0.2) is 4.98 Å². The van der Waals surface area contributed by atoms with Gasteiger partial charge in [-0.1, -0.05) is 11.6 Å². The number of hydrogen-bond acceptors (Lipinski definition) is 5. The van der Waals surface area contributed by atoms with E-state index in [4.69, 9.17) is 16.3 Å². The third-order valence-corrected chi connectivity index (χ3v) is 4.34. The number of aryl methyl sites for hydroxylation is 2. The molecule has 2 rings (SSSR count). The van der Waals surface area contributed by atoms with Gasteiger partial charge in [-0.3, -0.25) is 4.79 Å². The Balaban J connectivity index is 2.50. The van der Waals surface area contributed by atoms with E-state index in [1.54, 1.807) is 25.1 Å². The summed E-state index contributed by atoms with van der Waals surface area (Å²) in [6.45, 7) is 3.59. The third-order valence-electron chi connectivity index (χ3n) is 3.02. The van der Waals surface area contributed by atoms with Crippen molar-refractivity contribution >= 4 is 28.7 Å². The Labute approximate surface area is 132 Å². The molecule has 0 amide bonds. The molecule has 0 fully saturated rings. The van der Waals surface area contributed by atoms with Crippen molar-refractivity contribution in [2.75, 3.05) is 7.11 Å². The first-order valence-corrected chi connectivity index (χ1v) is 7.38. The van der Waals surface area contributed by atoms with Gasteiger partial charge in [-0.2, -0.15) is 5.26 Å². The molecule has 0 bridgehead atoms. The minimum absolute atomic E-state index is 0.277. The molecular formula is C15H13ClN2O2S. The molecule has 0 spiro atoms. The maximum Gasteiger partial charge on any atom is 0.196 e. The first-order valence-electron chi connectivity index (χ1n) is 6.19. The molecule has 0 aliphatic rings. The molecular weight excluding hydrogens is 308 g/mol. The van der Waals surface area contributed by atoms with Crippen molar-refractivity contribution < 1.29 is 9.53 Å². The summed E-state index contributed by atoms with van der Waals surface area (Å²) >= 11 is 7.27. The van der Waals surface area contributed by atoms with Gasteiger partial charge in [-0.15, -0.1) is 11.3 Å². The molecule has 1 aromatic heterocycles. The van der Waals surface area contributed by atoms with Crippen molar-refractivity contribution in [1.82, 2.24) is 4.98 Å². The molecule has 2 aromatic rings. The van der Waals surface area contributed by atoms with Crippen LogP contribution in [0.4, 0.5) is 0 Å². The Morgan fingerprint density at radius 1 is 1.48 bits per heavy atom. The molecule has 0 saturated carbocycles. The Morgan fingerprint density at radius 3 is 2.71 bits per heavy atom. The van der Waals surface area contributed by atoms with Crippen molar-refractivity contribution in [3.8, 4) is 11.8 Å². The fourth-order valence-electron chi connectivity index (χ4n) is 2.09. The van der Waals surface area contributed by atoms with Crippen LogP contribution >= 0.6 is 22.9 Å². The van der Waals surface area contributed by atoms with Crippen LogP contribution in [-0.4, -0.2) is 17.9 Å². The number of nitriles is 1. The van der Waals surface area contributed by atoms with Crippen LogP contribution in [0.1, 0.15) is 31.9 Å². The Hall–Kier alpha value is -1.90. The molecule has 4 nitrogen and oxygen atoms in total. The van der Waals surface area contributed by atoms with Gasteiger partial charge in [0.25, 0.3) is 0 Å². The molecule has 108 valence electrons. The Morgan fingerprint density at radius 2 is 2.19 bits per heavy atom. The molecule has 0 aliphatic heterocycles. The number of benzene rings is 1. The van der Waals surface area contributed by atoms with E-state index in [0.29, 0.717) is 26.9 Å². The summed E-state index contributed by atoms with van der Waals surface area (Å²) in [5, 5.41) is 10.7. The molecule has 1 heterocycles. The predicted molar refractivity (Wildman–Crippen MR) is 82.3 cm³/mol. The fourth-order valence-corrected chi connectivity index (χ4v) is 3.16. The van der Waals surface area contributed by atoms with E-state index in [-0.39, 0.29) is 5.78 Å². The molecule has 6 heteroatoms. The van der Waals surface area contributed by atoms with Crippen LogP contribution in [0.2, 0.25) is 5.02 Å². The van der Waals surface area contributed by atoms with Gasteiger partial charge in [0, 0.05) is 10.6 Å². The number of nitrogens with zero attached hydrogens (tertiary/aromatic N) is 2. The van der Waals surface area contributed by atoms with Gasteiger partial charge < -0.3 is 4.74 Å². The number of rotatable bonds is 4. The van der Waals surface area contributed by atoms with Crippen molar-refractivity contribution in [3.63, 3.8) is 0 Å². The zero-order chi connectivity index (χ0) is 15.6. The van der Waals surface area contributed by atoms with Crippen LogP contribution in [0.3, 0.4) is 0 Å². The minimum atomic E-state index is -0.961. The number of aromatic nitrogens is 1. The predicted octanol–water partition coefficient (Wildman–Crippen LogP) is 3.91. The summed E-state index contributed by atoms with van der Waals surface area (Å²) in [6.07, 6.45) is 0. The van der Waals surface area contributed by atoms with Gasteiger partial charge in [-0.05, 0) is 32.0 Å². The normalized spacial score (nSPS) is 11.8. The van der Waals surface area contributed by atoms with Gasteiger partial charge in [0.05, 0.1) is 28.8 Å². The van der Waals surface area contributed by atoms with Crippen molar-refractivity contribution in [2.24, 2.45) is 0 Å². The van der Waals surface area contributed by atoms with Crippen molar-refractivity contribution in [3.05, 3.63) is 44.4 Å². The molecule has 21 heavy (non-hydrogen) atoms. The highest BCUT2D eigenvalue weighted by atomic mass is 35.5. The van der Waals surface area contributed by atoms with Crippen molar-refractivity contribution in [2.45, 2.75) is 19.8 Å². The summed E-state index contributed by atoms with van der Waals surface area (Å²) < 4.78 is 5.23. The van der Waals surface area contributed by atoms with E-state index in [9.17, 15) is 10.1 Å². The van der Waals surface area contributed by atoms with Gasteiger partial charge >= 0.3 is 0 Å². The summed E-state index contributed by atoms with van der Waals surface area (Å²) in [7, 11) is 1.49. The average Bonchev–Trinajstić information content (AvgIpc) is 2.78. The van der Waals surface area contributed by atoms with E-state index in [1.807, 2.05) is 13.0 Å². The summed E-state index contributed by atoms with van der Waals surface area (Å²) in [5.41, 5.74) is 1.12. The van der Waals surface area contributed by atoms with Gasteiger partial charge in [0.15, 0.2) is 5.78 Å². The second-order valence-corrected chi connectivity index (χ2v) is 6.10. The van der Waals surface area contributed by atoms with Crippen LogP contribution < -0.4 is 4.74 Å². The first-order chi connectivity index (χ1) is 9.97. The maximum absolute atomic E-state index is 12.6. The van der Waals surface area contributed by atoms with E-state index in [1.165, 1.54) is 18.4 Å². The zero-order valence-electron chi connectivity index (χ0n) is 11.8. The third kappa shape index (κ3) is 3.07. The number of halogens is 1. The molecule has 1 aromatic carbocycles. The number of carbonyl (C=O) groups is 1. The number of thiazole rings is 1. The fraction of sp³-hybridized carbons (Fsp3) is 0.267. The monoisotopic (exact) mass is 320 g/mol. The first kappa shape index (κ1) is 15.5. The molecule has 0 radical (unpaired) electrons. The summed E-state index contributed by atoms with van der Waals surface area (Å²) in [5.74, 6) is -0.767. The largest absolute Gasteiger partial charge is 0.496 e. The number of hydrogen-bond donors (Lipinski definition) is 0. The maximum atomic E-state index is 12.6. The second kappa shape index (κ2) is 6.25. The number of ether oxygens (including phenoxy) is 1. The number of carbonyl (C=O) groups excluding carboxylic acids is 1. The lowest BCUT2D eigenvalue weighted by atomic mass is 9.94. The van der Waals surface area contributed by atoms with E-state index in [0.717, 1.165) is 5.01 Å². The molecule has 1 atom stereocenters. The standard InChI is InChI=1S/C15H13ClN2O2S/c1-8-15(21-9(2)18-8)14(19)12(7-17)11-6-10(16)4-5-13(11)20-3/h4-6,12H,1-3H3. The second-order valence-electron chi connectivity index (χ2n) is 4.46. The molecule has 0 N–H and O–H groups in total. The SMILES string of the molecule is COc1ccc(Cl)cc1C(C#N)C(=O)c1sc(C)nc1C. The highest BCUT2D eigenvalue weighted by molar-refractivity contribution is 7.13. The van der Waals surface area contributed by atoms with Crippen LogP contribution in [0.15, 0.2) is 18.2 Å². The van der Waals surface area contributed by atoms with Crippen molar-refractivity contribution in [1.29, 1.82) is 5.26 Å². The Bertz CT molecular complexity index is 734. The molecule has 0 saturated heterocycles. The van der Waals surface area contributed by atoms with Crippen LogP contribution in [0.5, 0.6) is 5.75 Å². The zero-order valence-corrected chi connectivity index (χ0v) is 13.4. The molecule has 1 unspecified atom stereocenters. The quantitative estimate of drug-likeness (QED) is 0.801. The average molecular weight is 321 g/mol. The lowest BCUT2D eigenvalue weighted by Crippen LogP contribution is -2.12.